The van der Waals surface area contributed by atoms with E-state index in [-0.39, 0.29) is 12.3 Å². The van der Waals surface area contributed by atoms with Crippen molar-refractivity contribution in [3.05, 3.63) is 53.8 Å². The molecule has 0 saturated heterocycles. The number of ether oxygens (including phenoxy) is 2. The minimum Gasteiger partial charge on any atom is -0.497 e. The van der Waals surface area contributed by atoms with Crippen LogP contribution in [0.5, 0.6) is 11.5 Å². The van der Waals surface area contributed by atoms with E-state index >= 15 is 0 Å². The number of benzene rings is 2. The van der Waals surface area contributed by atoms with Crippen molar-refractivity contribution in [2.45, 2.75) is 6.10 Å². The third-order valence-electron chi connectivity index (χ3n) is 3.15. The molecule has 0 spiro atoms. The first-order valence-corrected chi connectivity index (χ1v) is 6.53. The molecule has 0 aliphatic rings. The van der Waals surface area contributed by atoms with Gasteiger partial charge < -0.3 is 19.9 Å². The molecule has 112 valence electrons. The van der Waals surface area contributed by atoms with Gasteiger partial charge in [0, 0.05) is 18.3 Å². The Morgan fingerprint density at radius 3 is 2.38 bits per heavy atom. The lowest BCUT2D eigenvalue weighted by Crippen LogP contribution is -2.12. The molecule has 2 rings (SSSR count). The standard InChI is InChI=1S/C16H18FNO3/c1-20-13-6-3-11(4-7-13)15(19)10-18-12-5-8-16(21-2)14(17)9-12/h3-9,15,18-19H,10H2,1-2H3. The van der Waals surface area contributed by atoms with Gasteiger partial charge in [-0.05, 0) is 29.8 Å². The molecular formula is C16H18FNO3. The van der Waals surface area contributed by atoms with Crippen molar-refractivity contribution in [3.8, 4) is 11.5 Å². The number of halogens is 1. The Balaban J connectivity index is 1.96. The second-order valence-corrected chi connectivity index (χ2v) is 4.52. The van der Waals surface area contributed by atoms with Gasteiger partial charge in [-0.2, -0.15) is 0 Å². The zero-order valence-electron chi connectivity index (χ0n) is 12.0. The summed E-state index contributed by atoms with van der Waals surface area (Å²) in [5.74, 6) is 0.480. The highest BCUT2D eigenvalue weighted by atomic mass is 19.1. The summed E-state index contributed by atoms with van der Waals surface area (Å²) >= 11 is 0. The second kappa shape index (κ2) is 6.95. The Morgan fingerprint density at radius 2 is 1.81 bits per heavy atom. The number of nitrogens with one attached hydrogen (secondary N) is 1. The Labute approximate surface area is 123 Å². The second-order valence-electron chi connectivity index (χ2n) is 4.52. The van der Waals surface area contributed by atoms with Crippen LogP contribution in [0.3, 0.4) is 0 Å². The van der Waals surface area contributed by atoms with Crippen LogP contribution in [0.25, 0.3) is 0 Å². The lowest BCUT2D eigenvalue weighted by molar-refractivity contribution is 0.191. The van der Waals surface area contributed by atoms with Gasteiger partial charge in [0.2, 0.25) is 0 Å². The highest BCUT2D eigenvalue weighted by Crippen LogP contribution is 2.22. The largest absolute Gasteiger partial charge is 0.497 e. The van der Waals surface area contributed by atoms with Crippen molar-refractivity contribution < 1.29 is 19.0 Å². The number of hydrogen-bond donors (Lipinski definition) is 2. The molecule has 0 heterocycles. The minimum absolute atomic E-state index is 0.191. The maximum atomic E-state index is 13.5. The SMILES string of the molecule is COc1ccc(C(O)CNc2ccc(OC)c(F)c2)cc1. The summed E-state index contributed by atoms with van der Waals surface area (Å²) in [6.07, 6.45) is -0.693. The monoisotopic (exact) mass is 291 g/mol. The average Bonchev–Trinajstić information content (AvgIpc) is 2.52. The maximum absolute atomic E-state index is 13.5. The summed E-state index contributed by atoms with van der Waals surface area (Å²) in [5.41, 5.74) is 1.35. The van der Waals surface area contributed by atoms with Gasteiger partial charge in [0.05, 0.1) is 20.3 Å². The number of rotatable bonds is 6. The molecule has 2 N–H and O–H groups in total. The van der Waals surface area contributed by atoms with Crippen molar-refractivity contribution in [2.24, 2.45) is 0 Å². The van der Waals surface area contributed by atoms with Crippen LogP contribution in [0, 0.1) is 5.82 Å². The zero-order valence-corrected chi connectivity index (χ0v) is 12.0. The molecule has 1 unspecified atom stereocenters. The van der Waals surface area contributed by atoms with Crippen LogP contribution in [0.1, 0.15) is 11.7 Å². The van der Waals surface area contributed by atoms with Crippen LogP contribution >= 0.6 is 0 Å². The molecule has 0 aromatic heterocycles. The quantitative estimate of drug-likeness (QED) is 0.859. The number of aliphatic hydroxyl groups is 1. The number of hydrogen-bond acceptors (Lipinski definition) is 4. The van der Waals surface area contributed by atoms with E-state index in [1.807, 2.05) is 0 Å². The smallest absolute Gasteiger partial charge is 0.167 e. The lowest BCUT2D eigenvalue weighted by atomic mass is 10.1. The van der Waals surface area contributed by atoms with E-state index in [2.05, 4.69) is 5.32 Å². The molecule has 0 amide bonds. The first-order valence-electron chi connectivity index (χ1n) is 6.53. The topological polar surface area (TPSA) is 50.7 Å². The number of anilines is 1. The van der Waals surface area contributed by atoms with Crippen molar-refractivity contribution >= 4 is 5.69 Å². The highest BCUT2D eigenvalue weighted by molar-refractivity contribution is 5.47. The van der Waals surface area contributed by atoms with E-state index in [4.69, 9.17) is 9.47 Å². The Morgan fingerprint density at radius 1 is 1.10 bits per heavy atom. The summed E-state index contributed by atoms with van der Waals surface area (Å²) < 4.78 is 23.5. The van der Waals surface area contributed by atoms with Crippen LogP contribution in [-0.4, -0.2) is 25.9 Å². The fourth-order valence-electron chi connectivity index (χ4n) is 1.93. The Hall–Kier alpha value is -2.27. The predicted molar refractivity (Wildman–Crippen MR) is 79.4 cm³/mol. The van der Waals surface area contributed by atoms with Crippen LogP contribution in [0.4, 0.5) is 10.1 Å². The molecular weight excluding hydrogens is 273 g/mol. The van der Waals surface area contributed by atoms with Gasteiger partial charge in [0.25, 0.3) is 0 Å². The molecule has 2 aromatic rings. The molecule has 0 fully saturated rings. The number of methoxy groups -OCH3 is 2. The van der Waals surface area contributed by atoms with Gasteiger partial charge in [-0.25, -0.2) is 4.39 Å². The number of aliphatic hydroxyl groups excluding tert-OH is 1. The van der Waals surface area contributed by atoms with Gasteiger partial charge in [0.1, 0.15) is 5.75 Å². The van der Waals surface area contributed by atoms with E-state index in [1.165, 1.54) is 19.2 Å². The van der Waals surface area contributed by atoms with Gasteiger partial charge in [-0.1, -0.05) is 12.1 Å². The van der Waals surface area contributed by atoms with E-state index in [9.17, 15) is 9.50 Å². The van der Waals surface area contributed by atoms with Crippen LogP contribution in [0.2, 0.25) is 0 Å². The van der Waals surface area contributed by atoms with Gasteiger partial charge in [-0.3, -0.25) is 0 Å². The molecule has 0 bridgehead atoms. The zero-order chi connectivity index (χ0) is 15.2. The van der Waals surface area contributed by atoms with Gasteiger partial charge in [0.15, 0.2) is 11.6 Å². The molecule has 0 radical (unpaired) electrons. The minimum atomic E-state index is -0.693. The van der Waals surface area contributed by atoms with Crippen molar-refractivity contribution in [1.29, 1.82) is 0 Å². The van der Waals surface area contributed by atoms with Crippen LogP contribution in [0.15, 0.2) is 42.5 Å². The maximum Gasteiger partial charge on any atom is 0.167 e. The lowest BCUT2D eigenvalue weighted by Gasteiger charge is -2.14. The van der Waals surface area contributed by atoms with Gasteiger partial charge in [-0.15, -0.1) is 0 Å². The van der Waals surface area contributed by atoms with E-state index in [0.29, 0.717) is 5.69 Å². The summed E-state index contributed by atoms with van der Waals surface area (Å²) in [4.78, 5) is 0. The molecule has 21 heavy (non-hydrogen) atoms. The van der Waals surface area contributed by atoms with Crippen LogP contribution < -0.4 is 14.8 Å². The van der Waals surface area contributed by atoms with Gasteiger partial charge >= 0.3 is 0 Å². The molecule has 2 aromatic carbocycles. The molecule has 1 atom stereocenters. The summed E-state index contributed by atoms with van der Waals surface area (Å²) in [6, 6.07) is 11.7. The summed E-state index contributed by atoms with van der Waals surface area (Å²) in [6.45, 7) is 0.276. The summed E-state index contributed by atoms with van der Waals surface area (Å²) in [7, 11) is 3.00. The molecule has 0 aliphatic heterocycles. The third kappa shape index (κ3) is 3.86. The Kier molecular flexibility index (Phi) is 5.00. The highest BCUT2D eigenvalue weighted by Gasteiger charge is 2.09. The van der Waals surface area contributed by atoms with Crippen molar-refractivity contribution in [2.75, 3.05) is 26.1 Å². The van der Waals surface area contributed by atoms with E-state index in [1.54, 1.807) is 37.4 Å². The molecule has 0 saturated carbocycles. The first-order chi connectivity index (χ1) is 10.1. The third-order valence-corrected chi connectivity index (χ3v) is 3.15. The molecule has 4 nitrogen and oxygen atoms in total. The fraction of sp³-hybridized carbons (Fsp3) is 0.250. The van der Waals surface area contributed by atoms with E-state index < -0.39 is 11.9 Å². The van der Waals surface area contributed by atoms with Crippen molar-refractivity contribution in [1.82, 2.24) is 0 Å². The summed E-state index contributed by atoms with van der Waals surface area (Å²) in [5, 5.41) is 13.1. The molecule has 5 heteroatoms. The van der Waals surface area contributed by atoms with E-state index in [0.717, 1.165) is 11.3 Å². The first kappa shape index (κ1) is 15.1. The normalized spacial score (nSPS) is 11.8. The fourth-order valence-corrected chi connectivity index (χ4v) is 1.93. The van der Waals surface area contributed by atoms with Crippen LogP contribution in [-0.2, 0) is 0 Å². The average molecular weight is 291 g/mol. The Bertz CT molecular complexity index is 587. The predicted octanol–water partition coefficient (Wildman–Crippen LogP) is 2.99. The van der Waals surface area contributed by atoms with Crippen molar-refractivity contribution in [3.63, 3.8) is 0 Å². The molecule has 0 aliphatic carbocycles.